The molecule has 0 N–H and O–H groups in total. The predicted octanol–water partition coefficient (Wildman–Crippen LogP) is 4.59. The van der Waals surface area contributed by atoms with E-state index < -0.39 is 11.9 Å². The highest BCUT2D eigenvalue weighted by Gasteiger charge is 2.27. The van der Waals surface area contributed by atoms with Crippen LogP contribution >= 0.6 is 0 Å². The zero-order valence-electron chi connectivity index (χ0n) is 17.3. The lowest BCUT2D eigenvalue weighted by Crippen LogP contribution is -2.26. The quantitative estimate of drug-likeness (QED) is 0.678. The number of hydrogen-bond donors (Lipinski definition) is 0. The van der Waals surface area contributed by atoms with Crippen LogP contribution in [0.4, 0.5) is 5.69 Å². The second-order valence-electron chi connectivity index (χ2n) is 6.61. The standard InChI is InChI=1S/C24H23NO5/c1-16-8-7-10-21(17(16)2)30-19-13-11-18(12-14-19)25-15-6-5-9-20(23(26)28-3)22(25)24(27)29-4/h5-15H,1-4H3. The molecule has 1 aliphatic rings. The molecule has 30 heavy (non-hydrogen) atoms. The van der Waals surface area contributed by atoms with Crippen LogP contribution in [0.2, 0.25) is 0 Å². The molecule has 0 saturated heterocycles. The highest BCUT2D eigenvalue weighted by molar-refractivity contribution is 6.05. The Kier molecular flexibility index (Phi) is 6.37. The summed E-state index contributed by atoms with van der Waals surface area (Å²) in [6.07, 6.45) is 6.58. The Labute approximate surface area is 175 Å². The van der Waals surface area contributed by atoms with Gasteiger partial charge in [0, 0.05) is 11.9 Å². The SMILES string of the molecule is COC(=O)C1=C(C(=O)OC)N(c2ccc(Oc3cccc(C)c3C)cc2)C=CC=C1. The lowest BCUT2D eigenvalue weighted by atomic mass is 10.1. The number of rotatable bonds is 5. The average molecular weight is 405 g/mol. The summed E-state index contributed by atoms with van der Waals surface area (Å²) in [5.74, 6) is 0.156. The first-order valence-corrected chi connectivity index (χ1v) is 9.35. The molecule has 0 atom stereocenters. The number of aryl methyl sites for hydroxylation is 1. The Morgan fingerprint density at radius 2 is 1.57 bits per heavy atom. The molecule has 3 rings (SSSR count). The molecule has 1 aliphatic heterocycles. The summed E-state index contributed by atoms with van der Waals surface area (Å²) in [5, 5.41) is 0. The maximum absolute atomic E-state index is 12.5. The summed E-state index contributed by atoms with van der Waals surface area (Å²) in [7, 11) is 2.53. The van der Waals surface area contributed by atoms with E-state index in [0.717, 1.165) is 16.9 Å². The van der Waals surface area contributed by atoms with Gasteiger partial charge in [0.25, 0.3) is 0 Å². The van der Waals surface area contributed by atoms with E-state index in [-0.39, 0.29) is 11.3 Å². The molecule has 0 spiro atoms. The second kappa shape index (κ2) is 9.13. The van der Waals surface area contributed by atoms with Crippen LogP contribution in [0.5, 0.6) is 11.5 Å². The van der Waals surface area contributed by atoms with Crippen molar-refractivity contribution in [3.63, 3.8) is 0 Å². The van der Waals surface area contributed by atoms with Gasteiger partial charge >= 0.3 is 11.9 Å². The number of allylic oxidation sites excluding steroid dienone is 2. The summed E-state index contributed by atoms with van der Waals surface area (Å²) in [6.45, 7) is 4.04. The molecule has 0 aliphatic carbocycles. The molecule has 0 unspecified atom stereocenters. The maximum atomic E-state index is 12.5. The molecule has 1 heterocycles. The van der Waals surface area contributed by atoms with Crippen LogP contribution in [0.1, 0.15) is 11.1 Å². The van der Waals surface area contributed by atoms with Crippen molar-refractivity contribution in [2.75, 3.05) is 19.1 Å². The zero-order valence-corrected chi connectivity index (χ0v) is 17.3. The Balaban J connectivity index is 1.96. The van der Waals surface area contributed by atoms with Crippen molar-refractivity contribution in [1.29, 1.82) is 0 Å². The highest BCUT2D eigenvalue weighted by atomic mass is 16.5. The number of carbonyl (C=O) groups excluding carboxylic acids is 2. The number of anilines is 1. The fourth-order valence-electron chi connectivity index (χ4n) is 3.00. The summed E-state index contributed by atoms with van der Waals surface area (Å²) < 4.78 is 15.7. The molecule has 0 saturated carbocycles. The van der Waals surface area contributed by atoms with Crippen LogP contribution in [0.3, 0.4) is 0 Å². The minimum absolute atomic E-state index is 0.0672. The van der Waals surface area contributed by atoms with Crippen LogP contribution in [0.25, 0.3) is 0 Å². The van der Waals surface area contributed by atoms with Crippen LogP contribution in [-0.4, -0.2) is 26.2 Å². The second-order valence-corrected chi connectivity index (χ2v) is 6.61. The van der Waals surface area contributed by atoms with Crippen molar-refractivity contribution in [2.24, 2.45) is 0 Å². The van der Waals surface area contributed by atoms with Gasteiger partial charge in [0.15, 0.2) is 0 Å². The van der Waals surface area contributed by atoms with Gasteiger partial charge in [-0.3, -0.25) is 0 Å². The Bertz CT molecular complexity index is 1050. The maximum Gasteiger partial charge on any atom is 0.355 e. The van der Waals surface area contributed by atoms with Crippen molar-refractivity contribution >= 4 is 17.6 Å². The number of esters is 2. The van der Waals surface area contributed by atoms with Crippen LogP contribution < -0.4 is 9.64 Å². The van der Waals surface area contributed by atoms with Gasteiger partial charge in [-0.1, -0.05) is 18.2 Å². The van der Waals surface area contributed by atoms with E-state index in [1.165, 1.54) is 20.3 Å². The van der Waals surface area contributed by atoms with Crippen LogP contribution in [0.15, 0.2) is 78.2 Å². The molecule has 6 heteroatoms. The summed E-state index contributed by atoms with van der Waals surface area (Å²) in [6, 6.07) is 13.1. The van der Waals surface area contributed by atoms with Crippen LogP contribution in [-0.2, 0) is 19.1 Å². The van der Waals surface area contributed by atoms with E-state index in [9.17, 15) is 9.59 Å². The van der Waals surface area contributed by atoms with Gasteiger partial charge in [-0.15, -0.1) is 0 Å². The minimum Gasteiger partial charge on any atom is -0.465 e. The third-order valence-corrected chi connectivity index (χ3v) is 4.79. The van der Waals surface area contributed by atoms with E-state index in [0.29, 0.717) is 11.4 Å². The molecule has 154 valence electrons. The smallest absolute Gasteiger partial charge is 0.355 e. The van der Waals surface area contributed by atoms with E-state index in [4.69, 9.17) is 14.2 Å². The normalized spacial score (nSPS) is 13.1. The van der Waals surface area contributed by atoms with Crippen LogP contribution in [0, 0.1) is 13.8 Å². The minimum atomic E-state index is -0.651. The first-order valence-electron chi connectivity index (χ1n) is 9.35. The summed E-state index contributed by atoms with van der Waals surface area (Å²) in [4.78, 5) is 26.3. The summed E-state index contributed by atoms with van der Waals surface area (Å²) >= 11 is 0. The van der Waals surface area contributed by atoms with Crippen molar-refractivity contribution < 1.29 is 23.8 Å². The van der Waals surface area contributed by atoms with Crippen molar-refractivity contribution in [2.45, 2.75) is 13.8 Å². The third kappa shape index (κ3) is 4.27. The van der Waals surface area contributed by atoms with E-state index in [1.54, 1.807) is 47.5 Å². The number of nitrogens with zero attached hydrogens (tertiary/aromatic N) is 1. The molecule has 0 radical (unpaired) electrons. The molecule has 0 fully saturated rings. The number of methoxy groups -OCH3 is 2. The highest BCUT2D eigenvalue weighted by Crippen LogP contribution is 2.31. The Hall–Kier alpha value is -3.80. The van der Waals surface area contributed by atoms with E-state index >= 15 is 0 Å². The van der Waals surface area contributed by atoms with Gasteiger partial charge in [0.2, 0.25) is 0 Å². The van der Waals surface area contributed by atoms with Crippen molar-refractivity contribution in [3.8, 4) is 11.5 Å². The van der Waals surface area contributed by atoms with Gasteiger partial charge in [-0.25, -0.2) is 9.59 Å². The number of ether oxygens (including phenoxy) is 3. The van der Waals surface area contributed by atoms with Gasteiger partial charge in [-0.2, -0.15) is 0 Å². The third-order valence-electron chi connectivity index (χ3n) is 4.79. The van der Waals surface area contributed by atoms with Gasteiger partial charge in [0.05, 0.1) is 19.8 Å². The van der Waals surface area contributed by atoms with Gasteiger partial charge < -0.3 is 19.1 Å². The van der Waals surface area contributed by atoms with Gasteiger partial charge in [-0.05, 0) is 67.5 Å². The fraction of sp³-hybridized carbons (Fsp3) is 0.167. The van der Waals surface area contributed by atoms with Crippen molar-refractivity contribution in [1.82, 2.24) is 0 Å². The number of hydrogen-bond acceptors (Lipinski definition) is 6. The number of benzene rings is 2. The molecule has 0 aromatic heterocycles. The lowest BCUT2D eigenvalue weighted by molar-refractivity contribution is -0.139. The first-order chi connectivity index (χ1) is 14.5. The van der Waals surface area contributed by atoms with Crippen molar-refractivity contribution in [3.05, 3.63) is 89.3 Å². The molecule has 0 bridgehead atoms. The predicted molar refractivity (Wildman–Crippen MR) is 114 cm³/mol. The Morgan fingerprint density at radius 1 is 0.867 bits per heavy atom. The monoisotopic (exact) mass is 405 g/mol. The molecular weight excluding hydrogens is 382 g/mol. The summed E-state index contributed by atoms with van der Waals surface area (Å²) in [5.41, 5.74) is 3.05. The molecule has 2 aromatic carbocycles. The fourth-order valence-corrected chi connectivity index (χ4v) is 3.00. The molecule has 0 amide bonds. The van der Waals surface area contributed by atoms with E-state index in [1.807, 2.05) is 32.0 Å². The topological polar surface area (TPSA) is 65.1 Å². The largest absolute Gasteiger partial charge is 0.465 e. The zero-order chi connectivity index (χ0) is 21.7. The lowest BCUT2D eigenvalue weighted by Gasteiger charge is -2.23. The molecular formula is C24H23NO5. The molecule has 2 aromatic rings. The van der Waals surface area contributed by atoms with E-state index in [2.05, 4.69) is 0 Å². The number of carbonyl (C=O) groups is 2. The Morgan fingerprint density at radius 3 is 2.23 bits per heavy atom. The van der Waals surface area contributed by atoms with Gasteiger partial charge in [0.1, 0.15) is 17.2 Å². The average Bonchev–Trinajstić information content (AvgIpc) is 2.99. The first kappa shape index (κ1) is 20.9. The molecule has 6 nitrogen and oxygen atoms in total.